The highest BCUT2D eigenvalue weighted by atomic mass is 16.2. The van der Waals surface area contributed by atoms with Crippen LogP contribution >= 0.6 is 0 Å². The van der Waals surface area contributed by atoms with Gasteiger partial charge in [-0.05, 0) is 25.3 Å². The van der Waals surface area contributed by atoms with Gasteiger partial charge in [0.05, 0.1) is 11.7 Å². The molecule has 126 valence electrons. The molecule has 0 aromatic carbocycles. The summed E-state index contributed by atoms with van der Waals surface area (Å²) in [6.45, 7) is 0. The SMILES string of the molecule is CN(C)c1ncc2c(n1)CCCC2NC(=O)c1ccc(=O)n(C)n1. The largest absolute Gasteiger partial charge is 0.347 e. The maximum absolute atomic E-state index is 12.4. The number of hydrogen-bond acceptors (Lipinski definition) is 6. The zero-order valence-corrected chi connectivity index (χ0v) is 14.0. The van der Waals surface area contributed by atoms with Gasteiger partial charge in [-0.2, -0.15) is 5.10 Å². The van der Waals surface area contributed by atoms with Crippen molar-refractivity contribution in [2.45, 2.75) is 25.3 Å². The molecule has 24 heavy (non-hydrogen) atoms. The standard InChI is InChI=1S/C16H20N6O2/c1-21(2)16-17-9-10-11(5-4-6-12(10)19-16)18-15(24)13-7-8-14(23)22(3)20-13/h7-9,11H,4-6H2,1-3H3,(H,18,24). The molecule has 1 aliphatic carbocycles. The lowest BCUT2D eigenvalue weighted by Crippen LogP contribution is -2.33. The molecule has 8 nitrogen and oxygen atoms in total. The quantitative estimate of drug-likeness (QED) is 0.879. The summed E-state index contributed by atoms with van der Waals surface area (Å²) in [7, 11) is 5.32. The molecule has 1 unspecified atom stereocenters. The third-order valence-corrected chi connectivity index (χ3v) is 4.07. The number of aryl methyl sites for hydroxylation is 2. The van der Waals surface area contributed by atoms with Crippen LogP contribution in [0.25, 0.3) is 0 Å². The highest BCUT2D eigenvalue weighted by molar-refractivity contribution is 5.92. The van der Waals surface area contributed by atoms with Gasteiger partial charge in [0.15, 0.2) is 0 Å². The van der Waals surface area contributed by atoms with Crippen molar-refractivity contribution in [2.24, 2.45) is 7.05 Å². The van der Waals surface area contributed by atoms with E-state index >= 15 is 0 Å². The van der Waals surface area contributed by atoms with Crippen molar-refractivity contribution in [3.05, 3.63) is 45.6 Å². The van der Waals surface area contributed by atoms with Gasteiger partial charge in [0, 0.05) is 39.0 Å². The average Bonchev–Trinajstić information content (AvgIpc) is 2.57. The van der Waals surface area contributed by atoms with E-state index in [1.54, 1.807) is 6.20 Å². The summed E-state index contributed by atoms with van der Waals surface area (Å²) in [6, 6.07) is 2.63. The van der Waals surface area contributed by atoms with Gasteiger partial charge in [0.25, 0.3) is 11.5 Å². The second-order valence-corrected chi connectivity index (χ2v) is 6.07. The molecular formula is C16H20N6O2. The molecule has 3 rings (SSSR count). The van der Waals surface area contributed by atoms with Crippen molar-refractivity contribution in [1.29, 1.82) is 0 Å². The van der Waals surface area contributed by atoms with Crippen LogP contribution in [-0.4, -0.2) is 39.8 Å². The van der Waals surface area contributed by atoms with E-state index < -0.39 is 0 Å². The molecule has 1 amide bonds. The van der Waals surface area contributed by atoms with Crippen molar-refractivity contribution in [3.8, 4) is 0 Å². The van der Waals surface area contributed by atoms with Crippen LogP contribution in [0.5, 0.6) is 0 Å². The first kappa shape index (κ1) is 16.1. The molecule has 0 saturated carbocycles. The van der Waals surface area contributed by atoms with Gasteiger partial charge in [-0.3, -0.25) is 9.59 Å². The van der Waals surface area contributed by atoms with Crippen LogP contribution in [0.2, 0.25) is 0 Å². The Balaban J connectivity index is 1.83. The minimum atomic E-state index is -0.305. The lowest BCUT2D eigenvalue weighted by Gasteiger charge is -2.26. The normalized spacial score (nSPS) is 16.4. The van der Waals surface area contributed by atoms with Gasteiger partial charge in [0.1, 0.15) is 5.69 Å². The summed E-state index contributed by atoms with van der Waals surface area (Å²) < 4.78 is 1.15. The third-order valence-electron chi connectivity index (χ3n) is 4.07. The minimum Gasteiger partial charge on any atom is -0.347 e. The third kappa shape index (κ3) is 3.12. The Hall–Kier alpha value is -2.77. The smallest absolute Gasteiger partial charge is 0.272 e. The molecule has 1 aliphatic rings. The number of amides is 1. The fourth-order valence-electron chi connectivity index (χ4n) is 2.76. The Labute approximate surface area is 139 Å². The Kier molecular flexibility index (Phi) is 4.28. The predicted octanol–water partition coefficient (Wildman–Crippen LogP) is 0.444. The number of rotatable bonds is 3. The van der Waals surface area contributed by atoms with Gasteiger partial charge in [0.2, 0.25) is 5.95 Å². The van der Waals surface area contributed by atoms with Crippen LogP contribution in [0.3, 0.4) is 0 Å². The van der Waals surface area contributed by atoms with Crippen LogP contribution in [0.4, 0.5) is 5.95 Å². The number of carbonyl (C=O) groups excluding carboxylic acids is 1. The van der Waals surface area contributed by atoms with Gasteiger partial charge in [-0.15, -0.1) is 0 Å². The molecular weight excluding hydrogens is 308 g/mol. The molecule has 0 aliphatic heterocycles. The second kappa shape index (κ2) is 6.38. The molecule has 8 heteroatoms. The summed E-state index contributed by atoms with van der Waals surface area (Å²) >= 11 is 0. The van der Waals surface area contributed by atoms with Crippen molar-refractivity contribution in [1.82, 2.24) is 25.1 Å². The summed E-state index contributed by atoms with van der Waals surface area (Å²) in [6.07, 6.45) is 4.44. The first-order chi connectivity index (χ1) is 11.5. The van der Waals surface area contributed by atoms with Crippen LogP contribution in [-0.2, 0) is 13.5 Å². The second-order valence-electron chi connectivity index (χ2n) is 6.07. The first-order valence-electron chi connectivity index (χ1n) is 7.84. The van der Waals surface area contributed by atoms with E-state index in [1.165, 1.54) is 19.2 Å². The van der Waals surface area contributed by atoms with Gasteiger partial charge < -0.3 is 10.2 Å². The van der Waals surface area contributed by atoms with E-state index in [4.69, 9.17) is 0 Å². The molecule has 2 aromatic rings. The molecule has 0 spiro atoms. The molecule has 0 radical (unpaired) electrons. The maximum Gasteiger partial charge on any atom is 0.272 e. The van der Waals surface area contributed by atoms with Crippen LogP contribution in [0.1, 0.15) is 40.6 Å². The summed E-state index contributed by atoms with van der Waals surface area (Å²) in [5, 5.41) is 6.96. The summed E-state index contributed by atoms with van der Waals surface area (Å²) in [5.74, 6) is 0.362. The number of hydrogen-bond donors (Lipinski definition) is 1. The maximum atomic E-state index is 12.4. The monoisotopic (exact) mass is 328 g/mol. The lowest BCUT2D eigenvalue weighted by atomic mass is 9.92. The topological polar surface area (TPSA) is 93.0 Å². The number of fused-ring (bicyclic) bond motifs is 1. The zero-order valence-electron chi connectivity index (χ0n) is 14.0. The minimum absolute atomic E-state index is 0.142. The van der Waals surface area contributed by atoms with E-state index in [1.807, 2.05) is 19.0 Å². The van der Waals surface area contributed by atoms with Crippen molar-refractivity contribution in [3.63, 3.8) is 0 Å². The van der Waals surface area contributed by atoms with Crippen molar-refractivity contribution < 1.29 is 4.79 Å². The molecule has 2 aromatic heterocycles. The van der Waals surface area contributed by atoms with E-state index in [0.717, 1.165) is 35.2 Å². The van der Waals surface area contributed by atoms with Gasteiger partial charge in [-0.1, -0.05) is 0 Å². The zero-order chi connectivity index (χ0) is 17.3. The summed E-state index contributed by atoms with van der Waals surface area (Å²) in [4.78, 5) is 34.6. The Morgan fingerprint density at radius 1 is 1.38 bits per heavy atom. The van der Waals surface area contributed by atoms with E-state index in [2.05, 4.69) is 20.4 Å². The molecule has 0 fully saturated rings. The van der Waals surface area contributed by atoms with Gasteiger partial charge in [-0.25, -0.2) is 14.6 Å². The number of nitrogens with one attached hydrogen (secondary N) is 1. The number of anilines is 1. The number of aromatic nitrogens is 4. The van der Waals surface area contributed by atoms with Crippen molar-refractivity contribution >= 4 is 11.9 Å². The Bertz CT molecular complexity index is 830. The highest BCUT2D eigenvalue weighted by Gasteiger charge is 2.25. The summed E-state index contributed by atoms with van der Waals surface area (Å²) in [5.41, 5.74) is 1.89. The Morgan fingerprint density at radius 2 is 2.17 bits per heavy atom. The fourth-order valence-corrected chi connectivity index (χ4v) is 2.76. The van der Waals surface area contributed by atoms with Crippen LogP contribution < -0.4 is 15.8 Å². The molecule has 2 heterocycles. The van der Waals surface area contributed by atoms with Crippen LogP contribution in [0.15, 0.2) is 23.1 Å². The average molecular weight is 328 g/mol. The fraction of sp³-hybridized carbons (Fsp3) is 0.438. The van der Waals surface area contributed by atoms with Gasteiger partial charge >= 0.3 is 0 Å². The van der Waals surface area contributed by atoms with E-state index in [0.29, 0.717) is 5.95 Å². The molecule has 0 bridgehead atoms. The van der Waals surface area contributed by atoms with E-state index in [-0.39, 0.29) is 23.2 Å². The molecule has 1 N–H and O–H groups in total. The molecule has 0 saturated heterocycles. The number of nitrogens with zero attached hydrogens (tertiary/aromatic N) is 5. The highest BCUT2D eigenvalue weighted by Crippen LogP contribution is 2.29. The Morgan fingerprint density at radius 3 is 2.88 bits per heavy atom. The lowest BCUT2D eigenvalue weighted by molar-refractivity contribution is 0.0925. The van der Waals surface area contributed by atoms with E-state index in [9.17, 15) is 9.59 Å². The predicted molar refractivity (Wildman–Crippen MR) is 89.0 cm³/mol. The molecule has 1 atom stereocenters. The van der Waals surface area contributed by atoms with Crippen LogP contribution in [0, 0.1) is 0 Å². The first-order valence-corrected chi connectivity index (χ1v) is 7.84. The van der Waals surface area contributed by atoms with Crippen molar-refractivity contribution in [2.75, 3.05) is 19.0 Å². The number of carbonyl (C=O) groups is 1.